The highest BCUT2D eigenvalue weighted by molar-refractivity contribution is 6.01. The first-order valence-corrected chi connectivity index (χ1v) is 7.09. The molecule has 0 spiro atoms. The Morgan fingerprint density at radius 1 is 1.23 bits per heavy atom. The van der Waals surface area contributed by atoms with Gasteiger partial charge in [-0.25, -0.2) is 4.79 Å². The first-order chi connectivity index (χ1) is 10.2. The van der Waals surface area contributed by atoms with E-state index < -0.39 is 17.7 Å². The first kappa shape index (κ1) is 16.1. The average Bonchev–Trinajstić information content (AvgIpc) is 2.90. The molecule has 0 radical (unpaired) electrons. The monoisotopic (exact) mass is 307 g/mol. The molecule has 0 saturated heterocycles. The van der Waals surface area contributed by atoms with E-state index in [1.165, 1.54) is 4.90 Å². The van der Waals surface area contributed by atoms with Crippen molar-refractivity contribution in [3.63, 3.8) is 0 Å². The SMILES string of the molecule is C[C@@H](C(=O)c1ccc2c(c1)OCO2)N(C)C(=O)OC(C)(C)C. The van der Waals surface area contributed by atoms with Crippen LogP contribution in [0.5, 0.6) is 11.5 Å². The van der Waals surface area contributed by atoms with Gasteiger partial charge in [-0.2, -0.15) is 0 Å². The van der Waals surface area contributed by atoms with Crippen LogP contribution >= 0.6 is 0 Å². The van der Waals surface area contributed by atoms with Crippen molar-refractivity contribution >= 4 is 11.9 Å². The maximum atomic E-state index is 12.5. The Hall–Kier alpha value is -2.24. The van der Waals surface area contributed by atoms with E-state index in [1.54, 1.807) is 52.9 Å². The minimum Gasteiger partial charge on any atom is -0.454 e. The van der Waals surface area contributed by atoms with Crippen LogP contribution in [-0.2, 0) is 4.74 Å². The lowest BCUT2D eigenvalue weighted by Crippen LogP contribution is -2.43. The van der Waals surface area contributed by atoms with E-state index in [0.29, 0.717) is 17.1 Å². The highest BCUT2D eigenvalue weighted by atomic mass is 16.7. The molecule has 0 fully saturated rings. The van der Waals surface area contributed by atoms with Gasteiger partial charge >= 0.3 is 6.09 Å². The van der Waals surface area contributed by atoms with E-state index in [0.717, 1.165) is 0 Å². The zero-order valence-corrected chi connectivity index (χ0v) is 13.5. The molecule has 0 saturated carbocycles. The fraction of sp³-hybridized carbons (Fsp3) is 0.500. The second kappa shape index (κ2) is 5.87. The van der Waals surface area contributed by atoms with Gasteiger partial charge in [0.15, 0.2) is 17.3 Å². The van der Waals surface area contributed by atoms with Gasteiger partial charge in [-0.1, -0.05) is 0 Å². The van der Waals surface area contributed by atoms with E-state index in [1.807, 2.05) is 0 Å². The average molecular weight is 307 g/mol. The summed E-state index contributed by atoms with van der Waals surface area (Å²) in [6, 6.07) is 4.34. The largest absolute Gasteiger partial charge is 0.454 e. The van der Waals surface area contributed by atoms with Gasteiger partial charge < -0.3 is 19.1 Å². The van der Waals surface area contributed by atoms with Crippen molar-refractivity contribution in [3.8, 4) is 11.5 Å². The number of Topliss-reactive ketones (excluding diaryl/α,β-unsaturated/α-hetero) is 1. The Kier molecular flexibility index (Phi) is 4.30. The van der Waals surface area contributed by atoms with Crippen LogP contribution in [0.3, 0.4) is 0 Å². The third kappa shape index (κ3) is 3.50. The third-order valence-corrected chi connectivity index (χ3v) is 3.30. The van der Waals surface area contributed by atoms with Gasteiger partial charge in [0.25, 0.3) is 0 Å². The van der Waals surface area contributed by atoms with Crippen molar-refractivity contribution in [1.29, 1.82) is 0 Å². The lowest BCUT2D eigenvalue weighted by Gasteiger charge is -2.28. The number of carbonyl (C=O) groups excluding carboxylic acids is 2. The van der Waals surface area contributed by atoms with Crippen LogP contribution < -0.4 is 9.47 Å². The number of fused-ring (bicyclic) bond motifs is 1. The van der Waals surface area contributed by atoms with Gasteiger partial charge in [-0.3, -0.25) is 4.79 Å². The number of hydrogen-bond donors (Lipinski definition) is 0. The molecule has 6 heteroatoms. The Bertz CT molecular complexity index is 591. The van der Waals surface area contributed by atoms with Crippen LogP contribution in [0.1, 0.15) is 38.1 Å². The number of ether oxygens (including phenoxy) is 3. The van der Waals surface area contributed by atoms with Gasteiger partial charge in [0.1, 0.15) is 5.60 Å². The highest BCUT2D eigenvalue weighted by Crippen LogP contribution is 2.33. The summed E-state index contributed by atoms with van der Waals surface area (Å²) in [5, 5.41) is 0. The van der Waals surface area contributed by atoms with Gasteiger partial charge in [0, 0.05) is 12.6 Å². The Morgan fingerprint density at radius 3 is 2.50 bits per heavy atom. The molecule has 1 aromatic carbocycles. The minimum atomic E-state index is -0.643. The fourth-order valence-electron chi connectivity index (χ4n) is 1.96. The van der Waals surface area contributed by atoms with Crippen molar-refractivity contribution in [3.05, 3.63) is 23.8 Å². The van der Waals surface area contributed by atoms with E-state index in [-0.39, 0.29) is 12.6 Å². The van der Waals surface area contributed by atoms with Crippen molar-refractivity contribution in [2.24, 2.45) is 0 Å². The normalized spacial score (nSPS) is 14.4. The maximum Gasteiger partial charge on any atom is 0.410 e. The number of nitrogens with zero attached hydrogens (tertiary/aromatic N) is 1. The van der Waals surface area contributed by atoms with Crippen molar-refractivity contribution in [1.82, 2.24) is 4.90 Å². The van der Waals surface area contributed by atoms with Crippen LogP contribution in [0.2, 0.25) is 0 Å². The smallest absolute Gasteiger partial charge is 0.410 e. The Morgan fingerprint density at radius 2 is 1.86 bits per heavy atom. The van der Waals surface area contributed by atoms with Crippen LogP contribution in [0.4, 0.5) is 4.79 Å². The molecule has 1 aliphatic heterocycles. The molecule has 0 unspecified atom stereocenters. The minimum absolute atomic E-state index is 0.153. The molecular weight excluding hydrogens is 286 g/mol. The number of amides is 1. The zero-order valence-electron chi connectivity index (χ0n) is 13.5. The number of hydrogen-bond acceptors (Lipinski definition) is 5. The Balaban J connectivity index is 2.10. The lowest BCUT2D eigenvalue weighted by molar-refractivity contribution is 0.0231. The van der Waals surface area contributed by atoms with Crippen molar-refractivity contribution in [2.45, 2.75) is 39.3 Å². The Labute approximate surface area is 129 Å². The van der Waals surface area contributed by atoms with Crippen LogP contribution in [0.15, 0.2) is 18.2 Å². The summed E-state index contributed by atoms with van der Waals surface area (Å²) in [5.74, 6) is 0.967. The predicted molar refractivity (Wildman–Crippen MR) is 80.4 cm³/mol. The van der Waals surface area contributed by atoms with Crippen LogP contribution in [-0.4, -0.2) is 42.3 Å². The summed E-state index contributed by atoms with van der Waals surface area (Å²) in [7, 11) is 1.55. The van der Waals surface area contributed by atoms with Gasteiger partial charge in [-0.15, -0.1) is 0 Å². The molecular formula is C16H21NO5. The number of carbonyl (C=O) groups is 2. The van der Waals surface area contributed by atoms with E-state index in [4.69, 9.17) is 14.2 Å². The summed E-state index contributed by atoms with van der Waals surface area (Å²) in [5.41, 5.74) is -0.139. The highest BCUT2D eigenvalue weighted by Gasteiger charge is 2.28. The van der Waals surface area contributed by atoms with Gasteiger partial charge in [0.05, 0.1) is 6.04 Å². The molecule has 22 heavy (non-hydrogen) atoms. The summed E-state index contributed by atoms with van der Waals surface area (Å²) in [6.07, 6.45) is -0.533. The summed E-state index contributed by atoms with van der Waals surface area (Å²) in [4.78, 5) is 25.8. The molecule has 0 aromatic heterocycles. The topological polar surface area (TPSA) is 65.1 Å². The maximum absolute atomic E-state index is 12.5. The molecule has 6 nitrogen and oxygen atoms in total. The van der Waals surface area contributed by atoms with Gasteiger partial charge in [-0.05, 0) is 45.9 Å². The zero-order chi connectivity index (χ0) is 16.5. The molecule has 120 valence electrons. The molecule has 0 bridgehead atoms. The van der Waals surface area contributed by atoms with Crippen molar-refractivity contribution < 1.29 is 23.8 Å². The molecule has 1 aliphatic rings. The molecule has 1 atom stereocenters. The van der Waals surface area contributed by atoms with E-state index in [9.17, 15) is 9.59 Å². The molecule has 0 N–H and O–H groups in total. The fourth-order valence-corrected chi connectivity index (χ4v) is 1.96. The molecule has 1 aromatic rings. The van der Waals surface area contributed by atoms with Crippen molar-refractivity contribution in [2.75, 3.05) is 13.8 Å². The molecule has 1 heterocycles. The predicted octanol–water partition coefficient (Wildman–Crippen LogP) is 2.85. The van der Waals surface area contributed by atoms with Crippen LogP contribution in [0, 0.1) is 0 Å². The molecule has 0 aliphatic carbocycles. The summed E-state index contributed by atoms with van der Waals surface area (Å²) >= 11 is 0. The quantitative estimate of drug-likeness (QED) is 0.803. The van der Waals surface area contributed by atoms with E-state index >= 15 is 0 Å². The number of ketones is 1. The van der Waals surface area contributed by atoms with Gasteiger partial charge in [0.2, 0.25) is 6.79 Å². The standard InChI is InChI=1S/C16H21NO5/c1-10(17(5)15(19)22-16(2,3)4)14(18)11-6-7-12-13(8-11)21-9-20-12/h6-8,10H,9H2,1-5H3/t10-/m0/s1. The second-order valence-corrected chi connectivity index (χ2v) is 6.20. The third-order valence-electron chi connectivity index (χ3n) is 3.30. The molecule has 2 rings (SSSR count). The summed E-state index contributed by atoms with van der Waals surface area (Å²) < 4.78 is 15.8. The molecule has 1 amide bonds. The second-order valence-electron chi connectivity index (χ2n) is 6.20. The first-order valence-electron chi connectivity index (χ1n) is 7.09. The number of benzene rings is 1. The number of rotatable bonds is 3. The summed E-state index contributed by atoms with van der Waals surface area (Å²) in [6.45, 7) is 7.16. The number of likely N-dealkylation sites (N-methyl/N-ethyl adjacent to an activating group) is 1. The van der Waals surface area contributed by atoms with Crippen LogP contribution in [0.25, 0.3) is 0 Å². The lowest BCUT2D eigenvalue weighted by atomic mass is 10.0. The van der Waals surface area contributed by atoms with E-state index in [2.05, 4.69) is 0 Å².